The van der Waals surface area contributed by atoms with Gasteiger partial charge in [0.1, 0.15) is 33.8 Å². The van der Waals surface area contributed by atoms with Crippen LogP contribution in [0.15, 0.2) is 67.2 Å². The Hall–Kier alpha value is -5.65. The van der Waals surface area contributed by atoms with Gasteiger partial charge in [0.25, 0.3) is 0 Å². The molecular formula is C29H22O12. The molecule has 210 valence electrons. The Morgan fingerprint density at radius 2 is 1.63 bits per heavy atom. The van der Waals surface area contributed by atoms with Crippen LogP contribution in [-0.2, 0) is 9.53 Å². The number of fused-ring (bicyclic) bond motifs is 2. The van der Waals surface area contributed by atoms with Crippen molar-refractivity contribution in [2.45, 2.75) is 12.3 Å². The van der Waals surface area contributed by atoms with Crippen molar-refractivity contribution in [2.24, 2.45) is 0 Å². The summed E-state index contributed by atoms with van der Waals surface area (Å²) in [6.45, 7) is 0. The standard InChI is InChI=1S/C29H22O12/c1-38-13-4-6-21-15(8-13)25(35)16(11-40-21)14(9-22(34)39-2)23-19(32)10-20(33)24-26(36)27(37)28(41-29(23)24)12-3-5-17(30)18(31)7-12/h3-8,10-11,14,30-33,37H,9H2,1-2H3/t14-/m0/s1. The molecule has 0 bridgehead atoms. The number of phenols is 4. The fourth-order valence-corrected chi connectivity index (χ4v) is 4.65. The van der Waals surface area contributed by atoms with Gasteiger partial charge < -0.3 is 43.8 Å². The fraction of sp³-hybridized carbons (Fsp3) is 0.138. The zero-order valence-corrected chi connectivity index (χ0v) is 21.5. The lowest BCUT2D eigenvalue weighted by atomic mass is 9.86. The molecule has 12 heteroatoms. The predicted molar refractivity (Wildman–Crippen MR) is 144 cm³/mol. The maximum absolute atomic E-state index is 13.7. The first kappa shape index (κ1) is 26.9. The Bertz CT molecular complexity index is 1970. The van der Waals surface area contributed by atoms with Crippen LogP contribution >= 0.6 is 0 Å². The molecule has 41 heavy (non-hydrogen) atoms. The molecule has 2 aromatic heterocycles. The molecule has 0 unspecified atom stereocenters. The number of carbonyl (C=O) groups excluding carboxylic acids is 1. The third kappa shape index (κ3) is 4.50. The highest BCUT2D eigenvalue weighted by Crippen LogP contribution is 2.44. The average molecular weight is 562 g/mol. The van der Waals surface area contributed by atoms with Crippen molar-refractivity contribution in [3.63, 3.8) is 0 Å². The van der Waals surface area contributed by atoms with Crippen molar-refractivity contribution < 1.29 is 48.6 Å². The van der Waals surface area contributed by atoms with Crippen LogP contribution in [0.1, 0.15) is 23.5 Å². The van der Waals surface area contributed by atoms with E-state index in [1.165, 1.54) is 25.3 Å². The third-order valence-electron chi connectivity index (χ3n) is 6.70. The summed E-state index contributed by atoms with van der Waals surface area (Å²) in [6, 6.07) is 8.68. The van der Waals surface area contributed by atoms with Crippen LogP contribution in [0.25, 0.3) is 33.3 Å². The molecule has 0 aliphatic carbocycles. The van der Waals surface area contributed by atoms with Crippen LogP contribution in [0, 0.1) is 0 Å². The summed E-state index contributed by atoms with van der Waals surface area (Å²) >= 11 is 0. The van der Waals surface area contributed by atoms with Crippen LogP contribution < -0.4 is 15.6 Å². The van der Waals surface area contributed by atoms with Gasteiger partial charge in [-0.2, -0.15) is 0 Å². The zero-order chi connectivity index (χ0) is 29.6. The number of rotatable bonds is 6. The molecule has 3 aromatic carbocycles. The normalized spacial score (nSPS) is 12.0. The molecular weight excluding hydrogens is 540 g/mol. The molecule has 5 N–H and O–H groups in total. The molecule has 2 heterocycles. The number of methoxy groups -OCH3 is 2. The lowest BCUT2D eigenvalue weighted by Gasteiger charge is -2.20. The summed E-state index contributed by atoms with van der Waals surface area (Å²) in [5.41, 5.74) is -2.40. The van der Waals surface area contributed by atoms with Gasteiger partial charge >= 0.3 is 5.97 Å². The summed E-state index contributed by atoms with van der Waals surface area (Å²) in [6.07, 6.45) is 0.560. The van der Waals surface area contributed by atoms with Crippen LogP contribution in [0.4, 0.5) is 0 Å². The van der Waals surface area contributed by atoms with Gasteiger partial charge in [0.05, 0.1) is 32.3 Å². The Morgan fingerprint density at radius 3 is 2.32 bits per heavy atom. The van der Waals surface area contributed by atoms with E-state index in [4.69, 9.17) is 18.3 Å². The zero-order valence-electron chi connectivity index (χ0n) is 21.5. The summed E-state index contributed by atoms with van der Waals surface area (Å²) in [7, 11) is 2.53. The van der Waals surface area contributed by atoms with Gasteiger partial charge in [-0.1, -0.05) is 0 Å². The monoisotopic (exact) mass is 562 g/mol. The van der Waals surface area contributed by atoms with E-state index in [2.05, 4.69) is 0 Å². The van der Waals surface area contributed by atoms with E-state index in [0.717, 1.165) is 31.6 Å². The molecule has 5 aromatic rings. The van der Waals surface area contributed by atoms with E-state index in [-0.39, 0.29) is 27.7 Å². The molecule has 0 amide bonds. The number of esters is 1. The molecule has 0 aliphatic rings. The van der Waals surface area contributed by atoms with Crippen molar-refractivity contribution in [2.75, 3.05) is 14.2 Å². The summed E-state index contributed by atoms with van der Waals surface area (Å²) < 4.78 is 21.5. The first-order chi connectivity index (χ1) is 19.5. The first-order valence-corrected chi connectivity index (χ1v) is 12.0. The minimum atomic E-state index is -1.34. The van der Waals surface area contributed by atoms with Gasteiger partial charge in [0.15, 0.2) is 22.7 Å². The molecule has 1 atom stereocenters. The van der Waals surface area contributed by atoms with Crippen molar-refractivity contribution >= 4 is 27.9 Å². The van der Waals surface area contributed by atoms with Gasteiger partial charge in [-0.3, -0.25) is 14.4 Å². The highest BCUT2D eigenvalue weighted by molar-refractivity contribution is 5.92. The maximum atomic E-state index is 13.7. The van der Waals surface area contributed by atoms with Crippen molar-refractivity contribution in [3.05, 3.63) is 80.3 Å². The number of aromatic hydroxyl groups is 5. The Kier molecular flexibility index (Phi) is 6.67. The molecule has 0 aliphatic heterocycles. The summed E-state index contributed by atoms with van der Waals surface area (Å²) in [5.74, 6) is -5.70. The van der Waals surface area contributed by atoms with Crippen molar-refractivity contribution in [3.8, 4) is 45.8 Å². The Morgan fingerprint density at radius 1 is 0.878 bits per heavy atom. The highest BCUT2D eigenvalue weighted by atomic mass is 16.5. The highest BCUT2D eigenvalue weighted by Gasteiger charge is 2.32. The van der Waals surface area contributed by atoms with Gasteiger partial charge in [0, 0.05) is 28.7 Å². The fourth-order valence-electron chi connectivity index (χ4n) is 4.65. The van der Waals surface area contributed by atoms with E-state index < -0.39 is 74.6 Å². The summed E-state index contributed by atoms with van der Waals surface area (Å²) in [4.78, 5) is 39.5. The Balaban J connectivity index is 1.87. The second-order valence-electron chi connectivity index (χ2n) is 9.06. The minimum absolute atomic E-state index is 0.0487. The predicted octanol–water partition coefficient (Wildman–Crippen LogP) is 3.80. The van der Waals surface area contributed by atoms with E-state index >= 15 is 0 Å². The first-order valence-electron chi connectivity index (χ1n) is 12.0. The second kappa shape index (κ2) is 10.2. The second-order valence-corrected chi connectivity index (χ2v) is 9.06. The van der Waals surface area contributed by atoms with Crippen LogP contribution in [0.3, 0.4) is 0 Å². The molecule has 12 nitrogen and oxygen atoms in total. The average Bonchev–Trinajstić information content (AvgIpc) is 2.95. The number of ether oxygens (including phenoxy) is 2. The van der Waals surface area contributed by atoms with Gasteiger partial charge in [0.2, 0.25) is 11.2 Å². The van der Waals surface area contributed by atoms with Crippen LogP contribution in [0.5, 0.6) is 34.5 Å². The molecule has 5 rings (SSSR count). The van der Waals surface area contributed by atoms with Crippen LogP contribution in [-0.4, -0.2) is 45.7 Å². The number of hydrogen-bond donors (Lipinski definition) is 5. The molecule has 0 fully saturated rings. The van der Waals surface area contributed by atoms with Gasteiger partial charge in [-0.05, 0) is 36.4 Å². The van der Waals surface area contributed by atoms with E-state index in [0.29, 0.717) is 5.75 Å². The topological polar surface area (TPSA) is 197 Å². The van der Waals surface area contributed by atoms with E-state index in [1.54, 1.807) is 6.07 Å². The molecule has 0 radical (unpaired) electrons. The van der Waals surface area contributed by atoms with E-state index in [9.17, 15) is 39.9 Å². The van der Waals surface area contributed by atoms with Crippen LogP contribution in [0.2, 0.25) is 0 Å². The quantitative estimate of drug-likeness (QED) is 0.148. The van der Waals surface area contributed by atoms with Crippen molar-refractivity contribution in [1.82, 2.24) is 0 Å². The number of phenolic OH excluding ortho intramolecular Hbond substituents is 4. The minimum Gasteiger partial charge on any atom is -0.507 e. The maximum Gasteiger partial charge on any atom is 0.306 e. The van der Waals surface area contributed by atoms with Crippen molar-refractivity contribution in [1.29, 1.82) is 0 Å². The number of benzene rings is 3. The lowest BCUT2D eigenvalue weighted by Crippen LogP contribution is -2.19. The molecule has 0 spiro atoms. The number of hydrogen-bond acceptors (Lipinski definition) is 12. The van der Waals surface area contributed by atoms with Gasteiger partial charge in [-0.15, -0.1) is 0 Å². The lowest BCUT2D eigenvalue weighted by molar-refractivity contribution is -0.140. The van der Waals surface area contributed by atoms with Gasteiger partial charge in [-0.25, -0.2) is 0 Å². The van der Waals surface area contributed by atoms with E-state index in [1.807, 2.05) is 0 Å². The smallest absolute Gasteiger partial charge is 0.306 e. The summed E-state index contributed by atoms with van der Waals surface area (Å²) in [5, 5.41) is 51.5. The molecule has 0 saturated heterocycles. The third-order valence-corrected chi connectivity index (χ3v) is 6.70. The number of carbonyl (C=O) groups is 1. The SMILES string of the molecule is COC(=O)C[C@@H](c1coc2ccc(OC)cc2c1=O)c1c(O)cc(O)c2c(=O)c(O)c(-c3ccc(O)c(O)c3)oc12. The Labute approximate surface area is 229 Å². The largest absolute Gasteiger partial charge is 0.507 e. The molecule has 0 saturated carbocycles.